The summed E-state index contributed by atoms with van der Waals surface area (Å²) in [5.74, 6) is -1.38. The van der Waals surface area contributed by atoms with E-state index in [2.05, 4.69) is 5.32 Å². The van der Waals surface area contributed by atoms with Crippen molar-refractivity contribution >= 4 is 29.3 Å². The van der Waals surface area contributed by atoms with E-state index < -0.39 is 5.97 Å². The van der Waals surface area contributed by atoms with E-state index in [4.69, 9.17) is 5.11 Å². The molecule has 6 heteroatoms. The predicted octanol–water partition coefficient (Wildman–Crippen LogP) is 3.25. The lowest BCUT2D eigenvalue weighted by Gasteiger charge is -2.05. The Morgan fingerprint density at radius 3 is 2.24 bits per heavy atom. The molecule has 0 aliphatic carbocycles. The summed E-state index contributed by atoms with van der Waals surface area (Å²) in [6.07, 6.45) is 0. The summed E-state index contributed by atoms with van der Waals surface area (Å²) < 4.78 is 12.7. The monoisotopic (exact) mass is 305 g/mol. The number of aromatic carboxylic acids is 1. The van der Waals surface area contributed by atoms with Crippen LogP contribution in [0.1, 0.15) is 10.4 Å². The molecule has 0 fully saturated rings. The maximum atomic E-state index is 12.7. The maximum absolute atomic E-state index is 12.7. The lowest BCUT2D eigenvalue weighted by Crippen LogP contribution is -2.13. The average molecular weight is 305 g/mol. The molecule has 0 atom stereocenters. The van der Waals surface area contributed by atoms with Crippen LogP contribution in [0.5, 0.6) is 0 Å². The Balaban J connectivity index is 1.86. The van der Waals surface area contributed by atoms with Crippen LogP contribution in [0.25, 0.3) is 0 Å². The zero-order chi connectivity index (χ0) is 15.2. The Morgan fingerprint density at radius 1 is 1.05 bits per heavy atom. The van der Waals surface area contributed by atoms with Gasteiger partial charge in [0.25, 0.3) is 0 Å². The first-order valence-corrected chi connectivity index (χ1v) is 7.05. The quantitative estimate of drug-likeness (QED) is 0.832. The lowest BCUT2D eigenvalue weighted by molar-refractivity contribution is -0.113. The Morgan fingerprint density at radius 2 is 1.67 bits per heavy atom. The van der Waals surface area contributed by atoms with Crippen LogP contribution in [0.3, 0.4) is 0 Å². The summed E-state index contributed by atoms with van der Waals surface area (Å²) in [6.45, 7) is 0. The molecule has 0 radical (unpaired) electrons. The highest BCUT2D eigenvalue weighted by molar-refractivity contribution is 8.00. The van der Waals surface area contributed by atoms with Crippen LogP contribution in [-0.2, 0) is 4.79 Å². The second kappa shape index (κ2) is 6.90. The molecule has 1 amide bonds. The van der Waals surface area contributed by atoms with E-state index in [9.17, 15) is 14.0 Å². The fraction of sp³-hybridized carbons (Fsp3) is 0.0667. The SMILES string of the molecule is O=C(CSc1ccc(C(=O)O)cc1)Nc1ccc(F)cc1. The van der Waals surface area contributed by atoms with E-state index in [1.54, 1.807) is 12.1 Å². The van der Waals surface area contributed by atoms with Crippen LogP contribution in [0.15, 0.2) is 53.4 Å². The molecule has 2 N–H and O–H groups in total. The maximum Gasteiger partial charge on any atom is 0.335 e. The molecular weight excluding hydrogens is 293 g/mol. The Labute approximate surface area is 125 Å². The number of carbonyl (C=O) groups excluding carboxylic acids is 1. The van der Waals surface area contributed by atoms with E-state index in [0.717, 1.165) is 4.90 Å². The van der Waals surface area contributed by atoms with Crippen molar-refractivity contribution in [2.24, 2.45) is 0 Å². The first-order valence-electron chi connectivity index (χ1n) is 6.06. The van der Waals surface area contributed by atoms with Crippen LogP contribution in [0, 0.1) is 5.82 Å². The molecule has 108 valence electrons. The van der Waals surface area contributed by atoms with Crippen LogP contribution < -0.4 is 5.32 Å². The Bertz CT molecular complexity index is 641. The number of hydrogen-bond acceptors (Lipinski definition) is 3. The zero-order valence-corrected chi connectivity index (χ0v) is 11.7. The Hall–Kier alpha value is -2.34. The average Bonchev–Trinajstić information content (AvgIpc) is 2.48. The third-order valence-corrected chi connectivity index (χ3v) is 3.61. The van der Waals surface area contributed by atoms with Crippen LogP contribution in [-0.4, -0.2) is 22.7 Å². The van der Waals surface area contributed by atoms with Gasteiger partial charge in [0, 0.05) is 10.6 Å². The third-order valence-electron chi connectivity index (χ3n) is 2.60. The van der Waals surface area contributed by atoms with Crippen LogP contribution in [0.4, 0.5) is 10.1 Å². The van der Waals surface area contributed by atoms with Gasteiger partial charge in [0.05, 0.1) is 11.3 Å². The van der Waals surface area contributed by atoms with Gasteiger partial charge in [-0.3, -0.25) is 4.79 Å². The largest absolute Gasteiger partial charge is 0.478 e. The topological polar surface area (TPSA) is 66.4 Å². The van der Waals surface area contributed by atoms with E-state index in [1.165, 1.54) is 48.2 Å². The standard InChI is InChI=1S/C15H12FNO3S/c16-11-3-5-12(6-4-11)17-14(18)9-21-13-7-1-10(2-8-13)15(19)20/h1-8H,9H2,(H,17,18)(H,19,20). The molecule has 0 saturated carbocycles. The van der Waals surface area contributed by atoms with Crippen molar-refractivity contribution in [1.29, 1.82) is 0 Å². The van der Waals surface area contributed by atoms with E-state index >= 15 is 0 Å². The molecule has 4 nitrogen and oxygen atoms in total. The molecule has 0 spiro atoms. The fourth-order valence-corrected chi connectivity index (χ4v) is 2.27. The summed E-state index contributed by atoms with van der Waals surface area (Å²) in [5.41, 5.74) is 0.735. The van der Waals surface area contributed by atoms with Gasteiger partial charge < -0.3 is 10.4 Å². The minimum absolute atomic E-state index is 0.184. The molecule has 2 rings (SSSR count). The van der Waals surface area contributed by atoms with Crippen molar-refractivity contribution in [3.63, 3.8) is 0 Å². The number of amides is 1. The van der Waals surface area contributed by atoms with Crippen molar-refractivity contribution < 1.29 is 19.1 Å². The molecule has 0 aliphatic rings. The minimum Gasteiger partial charge on any atom is -0.478 e. The van der Waals surface area contributed by atoms with Crippen molar-refractivity contribution in [2.45, 2.75) is 4.90 Å². The van der Waals surface area contributed by atoms with Gasteiger partial charge in [-0.25, -0.2) is 9.18 Å². The normalized spacial score (nSPS) is 10.1. The summed E-state index contributed by atoms with van der Waals surface area (Å²) in [7, 11) is 0. The number of benzene rings is 2. The highest BCUT2D eigenvalue weighted by atomic mass is 32.2. The van der Waals surface area contributed by atoms with E-state index in [1.807, 2.05) is 0 Å². The van der Waals surface area contributed by atoms with Gasteiger partial charge in [0.15, 0.2) is 0 Å². The molecule has 2 aromatic carbocycles. The number of carboxylic acids is 1. The molecule has 21 heavy (non-hydrogen) atoms. The van der Waals surface area contributed by atoms with Crippen molar-refractivity contribution in [3.05, 3.63) is 59.9 Å². The number of carboxylic acid groups (broad SMARTS) is 1. The minimum atomic E-state index is -0.986. The number of halogens is 1. The number of hydrogen-bond donors (Lipinski definition) is 2. The second-order valence-electron chi connectivity index (χ2n) is 4.17. The molecule has 0 aromatic heterocycles. The highest BCUT2D eigenvalue weighted by Crippen LogP contribution is 2.19. The number of rotatable bonds is 5. The zero-order valence-electron chi connectivity index (χ0n) is 10.9. The van der Waals surface area contributed by atoms with Crippen LogP contribution >= 0.6 is 11.8 Å². The summed E-state index contributed by atoms with van der Waals surface area (Å²) in [5, 5.41) is 11.4. The molecule has 0 bridgehead atoms. The van der Waals surface area contributed by atoms with Crippen molar-refractivity contribution in [1.82, 2.24) is 0 Å². The smallest absolute Gasteiger partial charge is 0.335 e. The van der Waals surface area contributed by atoms with Crippen molar-refractivity contribution in [3.8, 4) is 0 Å². The molecule has 0 unspecified atom stereocenters. The molecule has 0 heterocycles. The third kappa shape index (κ3) is 4.61. The number of nitrogens with one attached hydrogen (secondary N) is 1. The van der Waals surface area contributed by atoms with Gasteiger partial charge in [0.2, 0.25) is 5.91 Å². The summed E-state index contributed by atoms with van der Waals surface area (Å²) in [6, 6.07) is 11.8. The van der Waals surface area contributed by atoms with Gasteiger partial charge in [-0.2, -0.15) is 0 Å². The Kier molecular flexibility index (Phi) is 4.94. The number of carbonyl (C=O) groups is 2. The molecule has 0 saturated heterocycles. The predicted molar refractivity (Wildman–Crippen MR) is 79.2 cm³/mol. The molecule has 2 aromatic rings. The summed E-state index contributed by atoms with van der Waals surface area (Å²) >= 11 is 1.29. The fourth-order valence-electron chi connectivity index (χ4n) is 1.57. The van der Waals surface area contributed by atoms with Gasteiger partial charge in [0.1, 0.15) is 5.82 Å². The van der Waals surface area contributed by atoms with Gasteiger partial charge in [-0.1, -0.05) is 0 Å². The second-order valence-corrected chi connectivity index (χ2v) is 5.22. The highest BCUT2D eigenvalue weighted by Gasteiger charge is 2.05. The van der Waals surface area contributed by atoms with Crippen LogP contribution in [0.2, 0.25) is 0 Å². The van der Waals surface area contributed by atoms with Crippen molar-refractivity contribution in [2.75, 3.05) is 11.1 Å². The first-order chi connectivity index (χ1) is 10.0. The van der Waals surface area contributed by atoms with Gasteiger partial charge in [-0.15, -0.1) is 11.8 Å². The molecule has 0 aliphatic heterocycles. The number of thioether (sulfide) groups is 1. The van der Waals surface area contributed by atoms with E-state index in [0.29, 0.717) is 5.69 Å². The van der Waals surface area contributed by atoms with Gasteiger partial charge >= 0.3 is 5.97 Å². The first kappa shape index (κ1) is 15.1. The van der Waals surface area contributed by atoms with Gasteiger partial charge in [-0.05, 0) is 48.5 Å². The summed E-state index contributed by atoms with van der Waals surface area (Å²) in [4.78, 5) is 23.2. The number of anilines is 1. The molecular formula is C15H12FNO3S. The van der Waals surface area contributed by atoms with E-state index in [-0.39, 0.29) is 23.0 Å². The lowest BCUT2D eigenvalue weighted by atomic mass is 10.2.